The first-order valence-corrected chi connectivity index (χ1v) is 11.9. The van der Waals surface area contributed by atoms with E-state index in [1.165, 1.54) is 0 Å². The van der Waals surface area contributed by atoms with Gasteiger partial charge in [-0.1, -0.05) is 12.2 Å². The summed E-state index contributed by atoms with van der Waals surface area (Å²) in [5.41, 5.74) is 6.58. The normalized spacial score (nSPS) is 13.5. The third-order valence-corrected chi connectivity index (χ3v) is 6.44. The molecule has 0 saturated heterocycles. The van der Waals surface area contributed by atoms with Gasteiger partial charge in [0, 0.05) is 41.1 Å². The van der Waals surface area contributed by atoms with Crippen LogP contribution in [0.4, 0.5) is 5.69 Å². The number of rotatable bonds is 4. The van der Waals surface area contributed by atoms with Crippen LogP contribution in [0.25, 0.3) is 43.9 Å². The molecule has 0 saturated carbocycles. The van der Waals surface area contributed by atoms with Crippen LogP contribution in [0.15, 0.2) is 78.8 Å². The maximum atomic E-state index is 9.58. The van der Waals surface area contributed by atoms with Gasteiger partial charge in [-0.05, 0) is 73.6 Å². The van der Waals surface area contributed by atoms with Gasteiger partial charge in [-0.25, -0.2) is 9.97 Å². The van der Waals surface area contributed by atoms with Crippen molar-refractivity contribution in [3.63, 3.8) is 0 Å². The van der Waals surface area contributed by atoms with Crippen molar-refractivity contribution in [2.75, 3.05) is 18.5 Å². The molecule has 6 rings (SSSR count). The minimum atomic E-state index is 0.00606. The standard InChI is InChI=1S/C27H22N6OS/c34-15-14-33(18-6-2-1-3-7-18)27(35)30-17-10-11-21-22(16-17)32-26-20-9-5-13-29-24(20)23-19(25(26)31-21)8-4-12-28-23/h2,4-13,16,34H,1,3,14-15H2,(H,30,35). The van der Waals surface area contributed by atoms with Crippen LogP contribution in [0, 0.1) is 0 Å². The minimum absolute atomic E-state index is 0.00606. The topological polar surface area (TPSA) is 87.1 Å². The molecule has 0 unspecified atom stereocenters. The molecule has 2 aromatic carbocycles. The van der Waals surface area contributed by atoms with Crippen LogP contribution < -0.4 is 5.32 Å². The van der Waals surface area contributed by atoms with Crippen molar-refractivity contribution in [3.8, 4) is 0 Å². The monoisotopic (exact) mass is 478 g/mol. The number of nitrogens with one attached hydrogen (secondary N) is 1. The van der Waals surface area contributed by atoms with Crippen LogP contribution >= 0.6 is 12.2 Å². The molecular weight excluding hydrogens is 456 g/mol. The molecule has 2 N–H and O–H groups in total. The van der Waals surface area contributed by atoms with E-state index in [1.54, 1.807) is 12.4 Å². The SMILES string of the molecule is OCCN(C(=S)Nc1ccc2nc3c4cccnc4c4ncccc4c3nc2c1)C1=CCCC=C1. The lowest BCUT2D eigenvalue weighted by atomic mass is 10.1. The quantitative estimate of drug-likeness (QED) is 0.209. The molecule has 5 aromatic rings. The Morgan fingerprint density at radius 1 is 0.914 bits per heavy atom. The van der Waals surface area contributed by atoms with E-state index in [2.05, 4.69) is 27.4 Å². The van der Waals surface area contributed by atoms with Crippen molar-refractivity contribution in [2.45, 2.75) is 12.8 Å². The van der Waals surface area contributed by atoms with E-state index in [0.29, 0.717) is 11.7 Å². The van der Waals surface area contributed by atoms with E-state index in [0.717, 1.165) is 68.1 Å². The van der Waals surface area contributed by atoms with Gasteiger partial charge in [0.25, 0.3) is 0 Å². The van der Waals surface area contributed by atoms with Crippen LogP contribution in [0.1, 0.15) is 12.8 Å². The molecule has 172 valence electrons. The number of fused-ring (bicyclic) bond motifs is 7. The highest BCUT2D eigenvalue weighted by molar-refractivity contribution is 7.80. The van der Waals surface area contributed by atoms with Crippen molar-refractivity contribution in [1.82, 2.24) is 24.8 Å². The van der Waals surface area contributed by atoms with E-state index in [9.17, 15) is 5.11 Å². The predicted molar refractivity (Wildman–Crippen MR) is 144 cm³/mol. The Morgan fingerprint density at radius 2 is 1.63 bits per heavy atom. The van der Waals surface area contributed by atoms with Gasteiger partial charge >= 0.3 is 0 Å². The van der Waals surface area contributed by atoms with Crippen molar-refractivity contribution in [3.05, 3.63) is 78.8 Å². The number of benzene rings is 2. The Bertz CT molecular complexity index is 1680. The third-order valence-electron chi connectivity index (χ3n) is 6.12. The molecule has 0 bridgehead atoms. The highest BCUT2D eigenvalue weighted by Crippen LogP contribution is 2.32. The molecule has 0 atom stereocenters. The Kier molecular flexibility index (Phi) is 5.52. The molecule has 0 aliphatic heterocycles. The minimum Gasteiger partial charge on any atom is -0.395 e. The van der Waals surface area contributed by atoms with E-state index >= 15 is 0 Å². The molecule has 0 amide bonds. The molecule has 1 aliphatic rings. The largest absolute Gasteiger partial charge is 0.395 e. The lowest BCUT2D eigenvalue weighted by Crippen LogP contribution is -2.36. The summed E-state index contributed by atoms with van der Waals surface area (Å²) in [4.78, 5) is 21.0. The van der Waals surface area contributed by atoms with Crippen LogP contribution in [-0.4, -0.2) is 48.2 Å². The van der Waals surface area contributed by atoms with Gasteiger partial charge in [-0.3, -0.25) is 9.97 Å². The summed E-state index contributed by atoms with van der Waals surface area (Å²) < 4.78 is 0. The molecule has 3 heterocycles. The lowest BCUT2D eigenvalue weighted by Gasteiger charge is -2.27. The van der Waals surface area contributed by atoms with Gasteiger partial charge in [0.05, 0.1) is 39.7 Å². The Morgan fingerprint density at radius 3 is 2.29 bits per heavy atom. The average molecular weight is 479 g/mol. The van der Waals surface area contributed by atoms with E-state index < -0.39 is 0 Å². The van der Waals surface area contributed by atoms with Crippen molar-refractivity contribution in [2.24, 2.45) is 0 Å². The molecule has 3 aromatic heterocycles. The zero-order valence-corrected chi connectivity index (χ0v) is 19.7. The predicted octanol–water partition coefficient (Wildman–Crippen LogP) is 5.10. The second-order valence-electron chi connectivity index (χ2n) is 8.34. The maximum absolute atomic E-state index is 9.58. The first-order chi connectivity index (χ1) is 17.2. The first kappa shape index (κ1) is 21.5. The zero-order valence-electron chi connectivity index (χ0n) is 18.8. The summed E-state index contributed by atoms with van der Waals surface area (Å²) in [5, 5.41) is 15.3. The number of aliphatic hydroxyl groups excluding tert-OH is 1. The molecule has 7 nitrogen and oxygen atoms in total. The van der Waals surface area contributed by atoms with Crippen molar-refractivity contribution >= 4 is 66.9 Å². The smallest absolute Gasteiger partial charge is 0.178 e. The molecule has 1 aliphatic carbocycles. The summed E-state index contributed by atoms with van der Waals surface area (Å²) in [6.45, 7) is 0.423. The fourth-order valence-electron chi connectivity index (χ4n) is 4.52. The number of allylic oxidation sites excluding steroid dienone is 3. The van der Waals surface area contributed by atoms with Crippen LogP contribution in [0.3, 0.4) is 0 Å². The third kappa shape index (κ3) is 3.86. The van der Waals surface area contributed by atoms with Gasteiger partial charge in [0.1, 0.15) is 0 Å². The van der Waals surface area contributed by atoms with Crippen molar-refractivity contribution < 1.29 is 5.11 Å². The number of aromatic nitrogens is 4. The molecule has 0 fully saturated rings. The number of nitrogens with zero attached hydrogens (tertiary/aromatic N) is 5. The van der Waals surface area contributed by atoms with Crippen LogP contribution in [0.5, 0.6) is 0 Å². The lowest BCUT2D eigenvalue weighted by molar-refractivity contribution is 0.268. The summed E-state index contributed by atoms with van der Waals surface area (Å²) >= 11 is 5.70. The average Bonchev–Trinajstić information content (AvgIpc) is 2.91. The number of hydrogen-bond donors (Lipinski definition) is 2. The molecule has 0 spiro atoms. The molecule has 35 heavy (non-hydrogen) atoms. The number of anilines is 1. The summed E-state index contributed by atoms with van der Waals surface area (Å²) in [6.07, 6.45) is 11.8. The number of hydrogen-bond acceptors (Lipinski definition) is 6. The second-order valence-corrected chi connectivity index (χ2v) is 8.72. The van der Waals surface area contributed by atoms with Gasteiger partial charge < -0.3 is 15.3 Å². The summed E-state index contributed by atoms with van der Waals surface area (Å²) in [6, 6.07) is 13.7. The van der Waals surface area contributed by atoms with Gasteiger partial charge in [0.15, 0.2) is 5.11 Å². The van der Waals surface area contributed by atoms with E-state index in [1.807, 2.05) is 53.4 Å². The van der Waals surface area contributed by atoms with Crippen LogP contribution in [-0.2, 0) is 0 Å². The second kappa shape index (κ2) is 8.98. The summed E-state index contributed by atoms with van der Waals surface area (Å²) in [5.74, 6) is 0. The Balaban J connectivity index is 1.44. The first-order valence-electron chi connectivity index (χ1n) is 11.5. The molecular formula is C27H22N6OS. The van der Waals surface area contributed by atoms with Gasteiger partial charge in [-0.2, -0.15) is 0 Å². The zero-order chi connectivity index (χ0) is 23.8. The van der Waals surface area contributed by atoms with E-state index in [4.69, 9.17) is 22.2 Å². The number of aliphatic hydroxyl groups is 1. The van der Waals surface area contributed by atoms with E-state index in [-0.39, 0.29) is 6.61 Å². The number of thiocarbonyl (C=S) groups is 1. The highest BCUT2D eigenvalue weighted by atomic mass is 32.1. The van der Waals surface area contributed by atoms with Gasteiger partial charge in [0.2, 0.25) is 0 Å². The van der Waals surface area contributed by atoms with Crippen molar-refractivity contribution in [1.29, 1.82) is 0 Å². The Hall–Kier alpha value is -4.01. The fourth-order valence-corrected chi connectivity index (χ4v) is 4.83. The van der Waals surface area contributed by atoms with Gasteiger partial charge in [-0.15, -0.1) is 0 Å². The molecule has 0 radical (unpaired) electrons. The number of pyridine rings is 2. The fraction of sp³-hybridized carbons (Fsp3) is 0.148. The van der Waals surface area contributed by atoms with Crippen LogP contribution in [0.2, 0.25) is 0 Å². The highest BCUT2D eigenvalue weighted by Gasteiger charge is 2.16. The molecule has 8 heteroatoms. The Labute approximate surface area is 206 Å². The summed E-state index contributed by atoms with van der Waals surface area (Å²) in [7, 11) is 0. The maximum Gasteiger partial charge on any atom is 0.178 e.